The number of aromatic amines is 1. The summed E-state index contributed by atoms with van der Waals surface area (Å²) in [6, 6.07) is 12.1. The molecule has 4 fully saturated rings. The molecule has 0 amide bonds. The van der Waals surface area contributed by atoms with Gasteiger partial charge in [-0.1, -0.05) is 19.1 Å². The number of rotatable bonds is 6. The van der Waals surface area contributed by atoms with Crippen LogP contribution < -0.4 is 11.2 Å². The number of nitrogens with one attached hydrogen (secondary N) is 1. The molecule has 9 heteroatoms. The Kier molecular flexibility index (Phi) is 5.81. The summed E-state index contributed by atoms with van der Waals surface area (Å²) >= 11 is 0. The van der Waals surface area contributed by atoms with E-state index in [0.717, 1.165) is 22.3 Å². The molecular weight excluding hydrogens is 484 g/mol. The SMILES string of the molecule is CCc1cc([N+](=O)[O-])ccc1N=Cc1c(O)n(-c2ccc(C34CC5CC(CC(C5)C3)C4)cc2)c(=O)[nH]c1=O. The third-order valence-electron chi connectivity index (χ3n) is 8.88. The largest absolute Gasteiger partial charge is 0.493 e. The predicted octanol–water partition coefficient (Wildman–Crippen LogP) is 4.92. The number of aromatic nitrogens is 2. The molecule has 3 aromatic rings. The number of benzene rings is 2. The van der Waals surface area contributed by atoms with Crippen molar-refractivity contribution in [3.8, 4) is 11.6 Å². The number of nitro benzene ring substituents is 1. The van der Waals surface area contributed by atoms with E-state index in [0.29, 0.717) is 23.4 Å². The highest BCUT2D eigenvalue weighted by Gasteiger charge is 2.51. The number of aliphatic imine (C=N–C) groups is 1. The lowest BCUT2D eigenvalue weighted by Crippen LogP contribution is -2.48. The Morgan fingerprint density at radius 2 is 1.71 bits per heavy atom. The molecule has 2 aromatic carbocycles. The van der Waals surface area contributed by atoms with Gasteiger partial charge in [-0.25, -0.2) is 9.36 Å². The van der Waals surface area contributed by atoms with Gasteiger partial charge in [0.15, 0.2) is 0 Å². The molecule has 0 saturated heterocycles. The van der Waals surface area contributed by atoms with Crippen molar-refractivity contribution in [2.45, 2.75) is 57.3 Å². The van der Waals surface area contributed by atoms with Crippen LogP contribution in [0.3, 0.4) is 0 Å². The Labute approximate surface area is 219 Å². The Morgan fingerprint density at radius 1 is 1.08 bits per heavy atom. The van der Waals surface area contributed by atoms with Gasteiger partial charge >= 0.3 is 5.69 Å². The van der Waals surface area contributed by atoms with Crippen molar-refractivity contribution < 1.29 is 10.0 Å². The Hall–Kier alpha value is -4.01. The smallest absolute Gasteiger partial charge is 0.335 e. The van der Waals surface area contributed by atoms with Crippen molar-refractivity contribution in [1.29, 1.82) is 0 Å². The van der Waals surface area contributed by atoms with E-state index in [-0.39, 0.29) is 16.7 Å². The molecule has 0 atom stereocenters. The Balaban J connectivity index is 1.33. The lowest BCUT2D eigenvalue weighted by atomic mass is 9.48. The number of H-pyrrole nitrogens is 1. The maximum Gasteiger partial charge on any atom is 0.335 e. The van der Waals surface area contributed by atoms with Crippen molar-refractivity contribution in [1.82, 2.24) is 9.55 Å². The average molecular weight is 515 g/mol. The number of nitrogens with zero attached hydrogens (tertiary/aromatic N) is 3. The lowest BCUT2D eigenvalue weighted by Gasteiger charge is -2.57. The van der Waals surface area contributed by atoms with Crippen LogP contribution in [-0.4, -0.2) is 25.8 Å². The average Bonchev–Trinajstić information content (AvgIpc) is 2.88. The van der Waals surface area contributed by atoms with Crippen molar-refractivity contribution in [3.63, 3.8) is 0 Å². The summed E-state index contributed by atoms with van der Waals surface area (Å²) in [7, 11) is 0. The summed E-state index contributed by atoms with van der Waals surface area (Å²) in [5, 5.41) is 22.1. The van der Waals surface area contributed by atoms with E-state index in [1.807, 2.05) is 19.1 Å². The molecular formula is C29H30N4O5. The first-order valence-corrected chi connectivity index (χ1v) is 13.3. The number of non-ortho nitro benzene ring substituents is 1. The van der Waals surface area contributed by atoms with Crippen LogP contribution in [0.4, 0.5) is 11.4 Å². The van der Waals surface area contributed by atoms with E-state index in [2.05, 4.69) is 22.1 Å². The summed E-state index contributed by atoms with van der Waals surface area (Å²) in [5.74, 6) is 1.94. The Bertz CT molecular complexity index is 1530. The van der Waals surface area contributed by atoms with Gasteiger partial charge in [0.1, 0.15) is 5.56 Å². The van der Waals surface area contributed by atoms with E-state index < -0.39 is 22.1 Å². The molecule has 1 heterocycles. The number of nitro groups is 1. The molecule has 7 rings (SSSR count). The second-order valence-corrected chi connectivity index (χ2v) is 11.3. The third-order valence-corrected chi connectivity index (χ3v) is 8.88. The van der Waals surface area contributed by atoms with Crippen LogP contribution in [0.25, 0.3) is 5.69 Å². The highest BCUT2D eigenvalue weighted by Crippen LogP contribution is 2.60. The van der Waals surface area contributed by atoms with E-state index in [1.54, 1.807) is 0 Å². The highest BCUT2D eigenvalue weighted by molar-refractivity contribution is 5.84. The molecule has 1 aromatic heterocycles. The van der Waals surface area contributed by atoms with E-state index in [4.69, 9.17) is 0 Å². The standard InChI is InChI=1S/C29H30N4O5/c1-2-20-12-23(33(37)38)7-8-25(20)30-16-24-26(34)31-28(36)32(27(24)35)22-5-3-21(4-6-22)29-13-17-9-18(14-29)11-19(10-17)15-29/h3-8,12,16-19,35H,2,9-11,13-15H2,1H3,(H,31,34,36). The molecule has 4 bridgehead atoms. The van der Waals surface area contributed by atoms with Crippen LogP contribution in [0, 0.1) is 27.9 Å². The van der Waals surface area contributed by atoms with Gasteiger partial charge < -0.3 is 5.11 Å². The minimum Gasteiger partial charge on any atom is -0.493 e. The van der Waals surface area contributed by atoms with Gasteiger partial charge in [-0.2, -0.15) is 0 Å². The van der Waals surface area contributed by atoms with E-state index in [9.17, 15) is 24.8 Å². The van der Waals surface area contributed by atoms with Gasteiger partial charge in [-0.05, 0) is 97.4 Å². The van der Waals surface area contributed by atoms with Crippen LogP contribution in [0.2, 0.25) is 0 Å². The van der Waals surface area contributed by atoms with Gasteiger partial charge in [0, 0.05) is 18.3 Å². The van der Waals surface area contributed by atoms with Crippen molar-refractivity contribution in [2.24, 2.45) is 22.7 Å². The summed E-state index contributed by atoms with van der Waals surface area (Å²) < 4.78 is 1.07. The van der Waals surface area contributed by atoms with E-state index >= 15 is 0 Å². The molecule has 4 aliphatic carbocycles. The number of aromatic hydroxyl groups is 1. The van der Waals surface area contributed by atoms with Gasteiger partial charge in [-0.3, -0.25) is 24.9 Å². The summed E-state index contributed by atoms with van der Waals surface area (Å²) in [6.07, 6.45) is 9.45. The van der Waals surface area contributed by atoms with Crippen molar-refractivity contribution >= 4 is 17.6 Å². The first-order valence-electron chi connectivity index (χ1n) is 13.3. The lowest BCUT2D eigenvalue weighted by molar-refractivity contribution is -0.384. The maximum absolute atomic E-state index is 12.7. The minimum atomic E-state index is -0.766. The van der Waals surface area contributed by atoms with Gasteiger partial charge in [0.05, 0.1) is 16.3 Å². The van der Waals surface area contributed by atoms with Gasteiger partial charge in [0.25, 0.3) is 11.2 Å². The molecule has 2 N–H and O–H groups in total. The maximum atomic E-state index is 12.7. The summed E-state index contributed by atoms with van der Waals surface area (Å²) in [4.78, 5) is 42.5. The highest BCUT2D eigenvalue weighted by atomic mass is 16.6. The van der Waals surface area contributed by atoms with Crippen molar-refractivity contribution in [2.75, 3.05) is 0 Å². The van der Waals surface area contributed by atoms with Crippen molar-refractivity contribution in [3.05, 3.63) is 90.1 Å². The molecule has 38 heavy (non-hydrogen) atoms. The topological polar surface area (TPSA) is 131 Å². The molecule has 4 aliphatic rings. The minimum absolute atomic E-state index is 0.0490. The normalized spacial score (nSPS) is 25.8. The molecule has 196 valence electrons. The first-order chi connectivity index (χ1) is 18.3. The number of hydrogen-bond donors (Lipinski definition) is 2. The van der Waals surface area contributed by atoms with Crippen LogP contribution in [0.1, 0.15) is 62.1 Å². The molecule has 0 spiro atoms. The monoisotopic (exact) mass is 514 g/mol. The molecule has 0 radical (unpaired) electrons. The fourth-order valence-electron chi connectivity index (χ4n) is 7.55. The first kappa shape index (κ1) is 24.3. The second-order valence-electron chi connectivity index (χ2n) is 11.3. The molecule has 0 unspecified atom stereocenters. The van der Waals surface area contributed by atoms with Crippen LogP contribution in [-0.2, 0) is 11.8 Å². The zero-order valence-electron chi connectivity index (χ0n) is 21.2. The number of aryl methyl sites for hydroxylation is 1. The van der Waals surface area contributed by atoms with E-state index in [1.165, 1.54) is 68.5 Å². The summed E-state index contributed by atoms with van der Waals surface area (Å²) in [5.41, 5.74) is 1.30. The summed E-state index contributed by atoms with van der Waals surface area (Å²) in [6.45, 7) is 1.84. The fraction of sp³-hybridized carbons (Fsp3) is 0.414. The van der Waals surface area contributed by atoms with Crippen LogP contribution in [0.5, 0.6) is 5.88 Å². The second kappa shape index (κ2) is 9.08. The molecule has 4 saturated carbocycles. The fourth-order valence-corrected chi connectivity index (χ4v) is 7.55. The quantitative estimate of drug-likeness (QED) is 0.274. The van der Waals surface area contributed by atoms with Gasteiger partial charge in [0.2, 0.25) is 5.88 Å². The predicted molar refractivity (Wildman–Crippen MR) is 144 cm³/mol. The zero-order chi connectivity index (χ0) is 26.6. The third kappa shape index (κ3) is 4.06. The Morgan fingerprint density at radius 3 is 2.29 bits per heavy atom. The number of hydrogen-bond acceptors (Lipinski definition) is 6. The van der Waals surface area contributed by atoms with Crippen LogP contribution >= 0.6 is 0 Å². The zero-order valence-corrected chi connectivity index (χ0v) is 21.2. The molecule has 9 nitrogen and oxygen atoms in total. The molecule has 0 aliphatic heterocycles. The van der Waals surface area contributed by atoms with Crippen LogP contribution in [0.15, 0.2) is 57.0 Å². The van der Waals surface area contributed by atoms with Gasteiger partial charge in [-0.15, -0.1) is 0 Å².